The first-order valence-electron chi connectivity index (χ1n) is 5.23. The molecule has 0 saturated carbocycles. The van der Waals surface area contributed by atoms with Crippen molar-refractivity contribution >= 4 is 0 Å². The molecule has 0 spiro atoms. The molecule has 0 aliphatic carbocycles. The Morgan fingerprint density at radius 3 is 2.33 bits per heavy atom. The minimum Gasteiger partial charge on any atom is -0.384 e. The summed E-state index contributed by atoms with van der Waals surface area (Å²) in [5, 5.41) is 19.0. The molecule has 0 fully saturated rings. The third-order valence-electron chi connectivity index (χ3n) is 2.98. The molecule has 0 radical (unpaired) electrons. The molecule has 0 aliphatic heterocycles. The van der Waals surface area contributed by atoms with Crippen LogP contribution >= 0.6 is 0 Å². The molecule has 2 unspecified atom stereocenters. The summed E-state index contributed by atoms with van der Waals surface area (Å²) < 4.78 is 0. The van der Waals surface area contributed by atoms with Crippen LogP contribution in [0, 0.1) is 17.2 Å². The lowest BCUT2D eigenvalue weighted by atomic mass is 9.84. The van der Waals surface area contributed by atoms with Crippen molar-refractivity contribution in [1.82, 2.24) is 0 Å². The zero-order valence-electron chi connectivity index (χ0n) is 9.49. The molecule has 2 heteroatoms. The Labute approximate surface area is 91.2 Å². The Morgan fingerprint density at radius 2 is 1.93 bits per heavy atom. The molecule has 1 aromatic carbocycles. The Balaban J connectivity index is 3.01. The van der Waals surface area contributed by atoms with E-state index in [0.717, 1.165) is 12.0 Å². The summed E-state index contributed by atoms with van der Waals surface area (Å²) in [6.45, 7) is 5.50. The van der Waals surface area contributed by atoms with E-state index in [4.69, 9.17) is 5.26 Å². The van der Waals surface area contributed by atoms with Gasteiger partial charge in [-0.3, -0.25) is 0 Å². The van der Waals surface area contributed by atoms with Gasteiger partial charge in [-0.1, -0.05) is 31.2 Å². The van der Waals surface area contributed by atoms with E-state index in [1.165, 1.54) is 5.56 Å². The van der Waals surface area contributed by atoms with Crippen LogP contribution in [-0.2, 0) is 12.0 Å². The molecule has 0 amide bonds. The average molecular weight is 203 g/mol. The third-order valence-corrected chi connectivity index (χ3v) is 2.98. The van der Waals surface area contributed by atoms with Crippen LogP contribution in [0.1, 0.15) is 31.9 Å². The van der Waals surface area contributed by atoms with Crippen LogP contribution in [0.2, 0.25) is 0 Å². The molecule has 0 bridgehead atoms. The number of nitriles is 1. The number of aliphatic hydroxyl groups is 1. The normalized spacial score (nSPS) is 16.5. The van der Waals surface area contributed by atoms with Crippen LogP contribution in [0.5, 0.6) is 0 Å². The molecule has 2 nitrogen and oxygen atoms in total. The first-order chi connectivity index (χ1) is 7.02. The second-order valence-electron chi connectivity index (χ2n) is 4.05. The first kappa shape index (κ1) is 11.7. The topological polar surface area (TPSA) is 44.0 Å². The summed E-state index contributed by atoms with van der Waals surface area (Å²) in [6, 6.07) is 9.86. The second-order valence-corrected chi connectivity index (χ2v) is 4.05. The van der Waals surface area contributed by atoms with Crippen molar-refractivity contribution in [2.45, 2.75) is 32.8 Å². The lowest BCUT2D eigenvalue weighted by Crippen LogP contribution is -2.28. The first-order valence-corrected chi connectivity index (χ1v) is 5.23. The highest BCUT2D eigenvalue weighted by Crippen LogP contribution is 2.28. The Kier molecular flexibility index (Phi) is 3.49. The molecule has 0 heterocycles. The minimum absolute atomic E-state index is 0.412. The highest BCUT2D eigenvalue weighted by atomic mass is 16.3. The molecular weight excluding hydrogens is 186 g/mol. The highest BCUT2D eigenvalue weighted by Gasteiger charge is 2.30. The van der Waals surface area contributed by atoms with E-state index < -0.39 is 11.5 Å². The molecule has 1 aromatic rings. The molecule has 1 rings (SSSR count). The summed E-state index contributed by atoms with van der Waals surface area (Å²) in [5.74, 6) is -0.412. The fourth-order valence-corrected chi connectivity index (χ4v) is 1.45. The van der Waals surface area contributed by atoms with Crippen LogP contribution in [-0.4, -0.2) is 5.11 Å². The Hall–Kier alpha value is -1.33. The monoisotopic (exact) mass is 203 g/mol. The summed E-state index contributed by atoms with van der Waals surface area (Å²) in [7, 11) is 0. The number of hydrogen-bond acceptors (Lipinski definition) is 2. The zero-order valence-corrected chi connectivity index (χ0v) is 9.49. The standard InChI is InChI=1S/C13H17NO/c1-4-11-5-7-12(8-6-11)13(3,15)10(2)9-14/h5-8,10,15H,4H2,1-3H3. The number of aryl methyl sites for hydroxylation is 1. The van der Waals surface area contributed by atoms with Gasteiger partial charge >= 0.3 is 0 Å². The number of nitrogens with zero attached hydrogens (tertiary/aromatic N) is 1. The maximum atomic E-state index is 10.2. The fourth-order valence-electron chi connectivity index (χ4n) is 1.45. The van der Waals surface area contributed by atoms with Crippen LogP contribution in [0.3, 0.4) is 0 Å². The van der Waals surface area contributed by atoms with Gasteiger partial charge in [0.2, 0.25) is 0 Å². The van der Waals surface area contributed by atoms with Gasteiger partial charge in [0.15, 0.2) is 0 Å². The van der Waals surface area contributed by atoms with Crippen molar-refractivity contribution < 1.29 is 5.11 Å². The molecule has 0 aliphatic rings. The Bertz CT molecular complexity index is 359. The third kappa shape index (κ3) is 2.37. The average Bonchev–Trinajstić information content (AvgIpc) is 2.28. The van der Waals surface area contributed by atoms with Gasteiger partial charge in [-0.15, -0.1) is 0 Å². The zero-order chi connectivity index (χ0) is 11.5. The number of benzene rings is 1. The van der Waals surface area contributed by atoms with Crippen molar-refractivity contribution in [3.63, 3.8) is 0 Å². The SMILES string of the molecule is CCc1ccc(C(C)(O)C(C)C#N)cc1. The molecular formula is C13H17NO. The summed E-state index contributed by atoms with van der Waals surface area (Å²) >= 11 is 0. The molecule has 15 heavy (non-hydrogen) atoms. The van der Waals surface area contributed by atoms with Crippen molar-refractivity contribution in [2.75, 3.05) is 0 Å². The van der Waals surface area contributed by atoms with Crippen LogP contribution in [0.25, 0.3) is 0 Å². The van der Waals surface area contributed by atoms with E-state index in [-0.39, 0.29) is 0 Å². The lowest BCUT2D eigenvalue weighted by Gasteiger charge is -2.26. The van der Waals surface area contributed by atoms with Gasteiger partial charge in [0.25, 0.3) is 0 Å². The maximum absolute atomic E-state index is 10.2. The van der Waals surface area contributed by atoms with Crippen LogP contribution in [0.4, 0.5) is 0 Å². The van der Waals surface area contributed by atoms with E-state index in [0.29, 0.717) is 0 Å². The van der Waals surface area contributed by atoms with E-state index in [1.807, 2.05) is 24.3 Å². The van der Waals surface area contributed by atoms with Crippen molar-refractivity contribution in [1.29, 1.82) is 5.26 Å². The second kappa shape index (κ2) is 4.46. The highest BCUT2D eigenvalue weighted by molar-refractivity contribution is 5.28. The van der Waals surface area contributed by atoms with Gasteiger partial charge in [-0.2, -0.15) is 5.26 Å². The van der Waals surface area contributed by atoms with Gasteiger partial charge in [0.05, 0.1) is 12.0 Å². The molecule has 2 atom stereocenters. The van der Waals surface area contributed by atoms with Crippen LogP contribution < -0.4 is 0 Å². The van der Waals surface area contributed by atoms with Gasteiger partial charge in [-0.25, -0.2) is 0 Å². The van der Waals surface area contributed by atoms with E-state index in [1.54, 1.807) is 13.8 Å². The van der Waals surface area contributed by atoms with Crippen molar-refractivity contribution in [3.05, 3.63) is 35.4 Å². The predicted molar refractivity (Wildman–Crippen MR) is 60.2 cm³/mol. The van der Waals surface area contributed by atoms with Crippen LogP contribution in [0.15, 0.2) is 24.3 Å². The van der Waals surface area contributed by atoms with E-state index in [2.05, 4.69) is 13.0 Å². The summed E-state index contributed by atoms with van der Waals surface area (Å²) in [5.41, 5.74) is 0.967. The fraction of sp³-hybridized carbons (Fsp3) is 0.462. The largest absolute Gasteiger partial charge is 0.384 e. The minimum atomic E-state index is -1.07. The smallest absolute Gasteiger partial charge is 0.102 e. The van der Waals surface area contributed by atoms with Gasteiger partial charge in [0.1, 0.15) is 5.60 Å². The summed E-state index contributed by atoms with van der Waals surface area (Å²) in [4.78, 5) is 0. The lowest BCUT2D eigenvalue weighted by molar-refractivity contribution is 0.0232. The van der Waals surface area contributed by atoms with Gasteiger partial charge < -0.3 is 5.11 Å². The van der Waals surface area contributed by atoms with Crippen molar-refractivity contribution in [3.8, 4) is 6.07 Å². The van der Waals surface area contributed by atoms with E-state index >= 15 is 0 Å². The van der Waals surface area contributed by atoms with Gasteiger partial charge in [0, 0.05) is 0 Å². The maximum Gasteiger partial charge on any atom is 0.102 e. The number of rotatable bonds is 3. The molecule has 0 aromatic heterocycles. The molecule has 80 valence electrons. The number of hydrogen-bond donors (Lipinski definition) is 1. The molecule has 0 saturated heterocycles. The summed E-state index contributed by atoms with van der Waals surface area (Å²) in [6.07, 6.45) is 0.982. The molecule has 1 N–H and O–H groups in total. The van der Waals surface area contributed by atoms with E-state index in [9.17, 15) is 5.11 Å². The van der Waals surface area contributed by atoms with Crippen molar-refractivity contribution in [2.24, 2.45) is 5.92 Å². The predicted octanol–water partition coefficient (Wildman–Crippen LogP) is 2.62. The Morgan fingerprint density at radius 1 is 1.40 bits per heavy atom. The quantitative estimate of drug-likeness (QED) is 0.820. The van der Waals surface area contributed by atoms with Gasteiger partial charge in [-0.05, 0) is 31.4 Å².